The molecule has 0 aliphatic heterocycles. The number of anilines is 2. The molecule has 0 unspecified atom stereocenters. The van der Waals surface area contributed by atoms with Gasteiger partial charge in [0.15, 0.2) is 0 Å². The van der Waals surface area contributed by atoms with Gasteiger partial charge in [-0.2, -0.15) is 5.10 Å². The van der Waals surface area contributed by atoms with Crippen molar-refractivity contribution in [3.63, 3.8) is 0 Å². The number of benzene rings is 2. The molecule has 0 saturated heterocycles. The number of aliphatic hydroxyl groups is 2. The standard InChI is InChI=1S/C25H31N3O4/c1-2-31-20-9-5-8-19(15-20)26-25-22-14-18-13-17(7-3-4-10-29)23(32-12-6-11-30)16-21(18)24(22)27-28-25/h5,8-9,13,15-16,29-30H,2-4,6-7,10-12,14H2,1H3,(H2,26,27,28). The van der Waals surface area contributed by atoms with Crippen molar-refractivity contribution in [3.05, 3.63) is 53.1 Å². The fraction of sp³-hybridized carbons (Fsp3) is 0.400. The minimum atomic E-state index is 0.105. The van der Waals surface area contributed by atoms with Crippen molar-refractivity contribution < 1.29 is 19.7 Å². The number of hydrogen-bond acceptors (Lipinski definition) is 6. The molecule has 7 nitrogen and oxygen atoms in total. The molecule has 7 heteroatoms. The Morgan fingerprint density at radius 3 is 2.75 bits per heavy atom. The molecule has 170 valence electrons. The van der Waals surface area contributed by atoms with Crippen molar-refractivity contribution in [2.45, 2.75) is 39.0 Å². The maximum atomic E-state index is 9.15. The van der Waals surface area contributed by atoms with Gasteiger partial charge in [-0.3, -0.25) is 5.10 Å². The van der Waals surface area contributed by atoms with Crippen molar-refractivity contribution in [1.29, 1.82) is 0 Å². The molecule has 0 spiro atoms. The van der Waals surface area contributed by atoms with E-state index in [0.717, 1.165) is 71.1 Å². The van der Waals surface area contributed by atoms with E-state index in [2.05, 4.69) is 27.6 Å². The lowest BCUT2D eigenvalue weighted by molar-refractivity contribution is 0.232. The third-order valence-corrected chi connectivity index (χ3v) is 5.60. The number of nitrogens with one attached hydrogen (secondary N) is 2. The van der Waals surface area contributed by atoms with Gasteiger partial charge >= 0.3 is 0 Å². The average molecular weight is 438 g/mol. The number of aliphatic hydroxyl groups excluding tert-OH is 2. The number of hydrogen-bond donors (Lipinski definition) is 4. The van der Waals surface area contributed by atoms with Crippen LogP contribution in [0.5, 0.6) is 11.5 Å². The SMILES string of the molecule is CCOc1cccc(Nc2[nH]nc3c2Cc2cc(CCCCO)c(OCCCO)cc2-3)c1. The number of rotatable bonds is 12. The van der Waals surface area contributed by atoms with Crippen LogP contribution in [-0.4, -0.2) is 46.8 Å². The van der Waals surface area contributed by atoms with Crippen LogP contribution in [0, 0.1) is 0 Å². The Kier molecular flexibility index (Phi) is 7.29. The number of aromatic amines is 1. The molecule has 1 heterocycles. The number of fused-ring (bicyclic) bond motifs is 3. The highest BCUT2D eigenvalue weighted by atomic mass is 16.5. The van der Waals surface area contributed by atoms with Gasteiger partial charge in [0.1, 0.15) is 17.3 Å². The number of unbranched alkanes of at least 4 members (excludes halogenated alkanes) is 1. The van der Waals surface area contributed by atoms with E-state index in [0.29, 0.717) is 19.6 Å². The van der Waals surface area contributed by atoms with Gasteiger partial charge in [0, 0.05) is 48.9 Å². The second kappa shape index (κ2) is 10.5. The number of aromatic nitrogens is 2. The Bertz CT molecular complexity index is 1050. The first-order valence-corrected chi connectivity index (χ1v) is 11.3. The monoisotopic (exact) mass is 437 g/mol. The van der Waals surface area contributed by atoms with Crippen molar-refractivity contribution >= 4 is 11.5 Å². The lowest BCUT2D eigenvalue weighted by Gasteiger charge is -2.14. The number of aryl methyl sites for hydroxylation is 1. The Balaban J connectivity index is 1.58. The molecule has 0 amide bonds. The van der Waals surface area contributed by atoms with E-state index >= 15 is 0 Å². The number of H-pyrrole nitrogens is 1. The first-order valence-electron chi connectivity index (χ1n) is 11.3. The van der Waals surface area contributed by atoms with Crippen molar-refractivity contribution in [2.24, 2.45) is 0 Å². The van der Waals surface area contributed by atoms with Gasteiger partial charge in [-0.05, 0) is 55.5 Å². The second-order valence-electron chi connectivity index (χ2n) is 7.91. The van der Waals surface area contributed by atoms with Gasteiger partial charge < -0.3 is 25.0 Å². The zero-order chi connectivity index (χ0) is 22.3. The zero-order valence-corrected chi connectivity index (χ0v) is 18.5. The van der Waals surface area contributed by atoms with Gasteiger partial charge in [-0.25, -0.2) is 0 Å². The summed E-state index contributed by atoms with van der Waals surface area (Å²) in [6, 6.07) is 12.2. The van der Waals surface area contributed by atoms with Crippen LogP contribution in [0.15, 0.2) is 36.4 Å². The van der Waals surface area contributed by atoms with Crippen LogP contribution in [0.3, 0.4) is 0 Å². The van der Waals surface area contributed by atoms with Crippen molar-refractivity contribution in [2.75, 3.05) is 31.7 Å². The molecule has 0 saturated carbocycles. The van der Waals surface area contributed by atoms with E-state index < -0.39 is 0 Å². The molecule has 0 bridgehead atoms. The van der Waals surface area contributed by atoms with Crippen LogP contribution in [0.2, 0.25) is 0 Å². The Morgan fingerprint density at radius 2 is 1.94 bits per heavy atom. The zero-order valence-electron chi connectivity index (χ0n) is 18.5. The summed E-state index contributed by atoms with van der Waals surface area (Å²) in [5.41, 5.74) is 6.47. The number of nitrogens with zero attached hydrogens (tertiary/aromatic N) is 1. The quantitative estimate of drug-likeness (QED) is 0.248. The molecule has 0 fully saturated rings. The van der Waals surface area contributed by atoms with Crippen molar-refractivity contribution in [3.8, 4) is 22.8 Å². The molecule has 2 aromatic carbocycles. The first-order chi connectivity index (χ1) is 15.7. The highest BCUT2D eigenvalue weighted by Crippen LogP contribution is 2.42. The van der Waals surface area contributed by atoms with E-state index in [1.54, 1.807) is 0 Å². The summed E-state index contributed by atoms with van der Waals surface area (Å²) in [6.07, 6.45) is 3.90. The summed E-state index contributed by atoms with van der Waals surface area (Å²) in [6.45, 7) is 3.37. The van der Waals surface area contributed by atoms with E-state index in [4.69, 9.17) is 19.7 Å². The summed E-state index contributed by atoms with van der Waals surface area (Å²) in [4.78, 5) is 0. The molecule has 32 heavy (non-hydrogen) atoms. The summed E-state index contributed by atoms with van der Waals surface area (Å²) < 4.78 is 11.6. The minimum Gasteiger partial charge on any atom is -0.494 e. The fourth-order valence-electron chi connectivity index (χ4n) is 4.07. The Morgan fingerprint density at radius 1 is 1.06 bits per heavy atom. The smallest absolute Gasteiger partial charge is 0.130 e. The largest absolute Gasteiger partial charge is 0.494 e. The van der Waals surface area contributed by atoms with E-state index in [1.165, 1.54) is 5.56 Å². The van der Waals surface area contributed by atoms with Crippen LogP contribution in [0.1, 0.15) is 42.9 Å². The van der Waals surface area contributed by atoms with Gasteiger partial charge in [0.2, 0.25) is 0 Å². The maximum Gasteiger partial charge on any atom is 0.130 e. The average Bonchev–Trinajstić information content (AvgIpc) is 3.34. The third-order valence-electron chi connectivity index (χ3n) is 5.60. The van der Waals surface area contributed by atoms with Gasteiger partial charge in [0.25, 0.3) is 0 Å². The topological polar surface area (TPSA) is 99.6 Å². The van der Waals surface area contributed by atoms with E-state index in [9.17, 15) is 0 Å². The molecular formula is C25H31N3O4. The highest BCUT2D eigenvalue weighted by Gasteiger charge is 2.27. The van der Waals surface area contributed by atoms with Crippen LogP contribution < -0.4 is 14.8 Å². The molecule has 4 N–H and O–H groups in total. The summed E-state index contributed by atoms with van der Waals surface area (Å²) >= 11 is 0. The Hall–Kier alpha value is -3.03. The molecule has 0 radical (unpaired) electrons. The van der Waals surface area contributed by atoms with Gasteiger partial charge in [0.05, 0.1) is 18.9 Å². The first kappa shape index (κ1) is 22.2. The Labute approximate surface area is 188 Å². The lowest BCUT2D eigenvalue weighted by atomic mass is 10.0. The van der Waals surface area contributed by atoms with Crippen molar-refractivity contribution in [1.82, 2.24) is 10.2 Å². The van der Waals surface area contributed by atoms with Crippen LogP contribution in [-0.2, 0) is 12.8 Å². The second-order valence-corrected chi connectivity index (χ2v) is 7.91. The van der Waals surface area contributed by atoms with E-state index in [1.807, 2.05) is 31.2 Å². The molecule has 0 atom stereocenters. The van der Waals surface area contributed by atoms with Crippen LogP contribution in [0.4, 0.5) is 11.5 Å². The maximum absolute atomic E-state index is 9.15. The highest BCUT2D eigenvalue weighted by molar-refractivity contribution is 5.81. The minimum absolute atomic E-state index is 0.105. The van der Waals surface area contributed by atoms with Gasteiger partial charge in [-0.1, -0.05) is 12.1 Å². The summed E-state index contributed by atoms with van der Waals surface area (Å²) in [5.74, 6) is 2.55. The molecule has 1 aliphatic rings. The lowest BCUT2D eigenvalue weighted by Crippen LogP contribution is -2.03. The molecule has 4 rings (SSSR count). The fourth-order valence-corrected chi connectivity index (χ4v) is 4.07. The molecule has 3 aromatic rings. The molecular weight excluding hydrogens is 406 g/mol. The van der Waals surface area contributed by atoms with Crippen LogP contribution in [0.25, 0.3) is 11.3 Å². The van der Waals surface area contributed by atoms with E-state index in [-0.39, 0.29) is 13.2 Å². The molecule has 1 aliphatic carbocycles. The summed E-state index contributed by atoms with van der Waals surface area (Å²) in [5, 5.41) is 29.4. The predicted octanol–water partition coefficient (Wildman–Crippen LogP) is 4.20. The summed E-state index contributed by atoms with van der Waals surface area (Å²) in [7, 11) is 0. The van der Waals surface area contributed by atoms with Gasteiger partial charge in [-0.15, -0.1) is 0 Å². The normalized spacial score (nSPS) is 11.8. The number of ether oxygens (including phenoxy) is 2. The van der Waals surface area contributed by atoms with Crippen LogP contribution >= 0.6 is 0 Å². The predicted molar refractivity (Wildman–Crippen MR) is 125 cm³/mol. The third kappa shape index (κ3) is 4.89. The molecule has 1 aromatic heterocycles.